The van der Waals surface area contributed by atoms with Gasteiger partial charge in [0, 0.05) is 26.2 Å². The first-order valence-corrected chi connectivity index (χ1v) is 4.60. The fourth-order valence-corrected chi connectivity index (χ4v) is 1.38. The molecule has 0 saturated carbocycles. The predicted octanol–water partition coefficient (Wildman–Crippen LogP) is 0.340. The van der Waals surface area contributed by atoms with Crippen molar-refractivity contribution in [2.75, 3.05) is 31.1 Å². The lowest BCUT2D eigenvalue weighted by molar-refractivity contribution is 0.579. The van der Waals surface area contributed by atoms with Crippen molar-refractivity contribution in [2.24, 2.45) is 0 Å². The van der Waals surface area contributed by atoms with E-state index < -0.39 is 0 Å². The molecule has 2 rings (SSSR count). The van der Waals surface area contributed by atoms with Crippen molar-refractivity contribution >= 4 is 17.5 Å². The van der Waals surface area contributed by atoms with Crippen LogP contribution in [0, 0.1) is 6.20 Å². The van der Waals surface area contributed by atoms with Crippen molar-refractivity contribution < 1.29 is 0 Å². The second kappa shape index (κ2) is 3.89. The van der Waals surface area contributed by atoms with Gasteiger partial charge in [0.1, 0.15) is 6.20 Å². The SMILES string of the molecule is Clc1[c]nc(N2CCNCC2)nc1. The van der Waals surface area contributed by atoms with Crippen LogP contribution in [0.2, 0.25) is 5.02 Å². The molecule has 1 saturated heterocycles. The fourth-order valence-electron chi connectivity index (χ4n) is 1.29. The highest BCUT2D eigenvalue weighted by Gasteiger charge is 2.12. The van der Waals surface area contributed by atoms with E-state index in [1.54, 1.807) is 6.20 Å². The summed E-state index contributed by atoms with van der Waals surface area (Å²) in [5, 5.41) is 3.72. The first-order valence-electron chi connectivity index (χ1n) is 4.22. The largest absolute Gasteiger partial charge is 0.338 e. The highest BCUT2D eigenvalue weighted by Crippen LogP contribution is 2.09. The maximum absolute atomic E-state index is 5.64. The molecule has 1 N–H and O–H groups in total. The van der Waals surface area contributed by atoms with Crippen LogP contribution < -0.4 is 10.2 Å². The first kappa shape index (κ1) is 8.72. The molecule has 0 atom stereocenters. The smallest absolute Gasteiger partial charge is 0.226 e. The monoisotopic (exact) mass is 197 g/mol. The summed E-state index contributed by atoms with van der Waals surface area (Å²) >= 11 is 5.64. The first-order chi connectivity index (χ1) is 6.36. The van der Waals surface area contributed by atoms with Crippen LogP contribution in [0.3, 0.4) is 0 Å². The summed E-state index contributed by atoms with van der Waals surface area (Å²) in [4.78, 5) is 10.3. The van der Waals surface area contributed by atoms with Gasteiger partial charge in [-0.05, 0) is 0 Å². The summed E-state index contributed by atoms with van der Waals surface area (Å²) in [5.74, 6) is 0.714. The minimum atomic E-state index is 0.457. The number of aromatic nitrogens is 2. The summed E-state index contributed by atoms with van der Waals surface area (Å²) in [5.41, 5.74) is 0. The molecule has 1 radical (unpaired) electrons. The lowest BCUT2D eigenvalue weighted by Gasteiger charge is -2.26. The third kappa shape index (κ3) is 2.08. The maximum atomic E-state index is 5.64. The lowest BCUT2D eigenvalue weighted by atomic mass is 10.4. The van der Waals surface area contributed by atoms with Gasteiger partial charge >= 0.3 is 0 Å². The summed E-state index contributed by atoms with van der Waals surface area (Å²) in [6.45, 7) is 3.84. The van der Waals surface area contributed by atoms with Crippen LogP contribution in [0.5, 0.6) is 0 Å². The average molecular weight is 198 g/mol. The van der Waals surface area contributed by atoms with Gasteiger partial charge in [0.15, 0.2) is 0 Å². The summed E-state index contributed by atoms with van der Waals surface area (Å²) in [6, 6.07) is 0. The zero-order chi connectivity index (χ0) is 9.10. The normalized spacial score (nSPS) is 17.5. The van der Waals surface area contributed by atoms with Crippen molar-refractivity contribution in [3.63, 3.8) is 0 Å². The van der Waals surface area contributed by atoms with Crippen LogP contribution in [0.4, 0.5) is 5.95 Å². The van der Waals surface area contributed by atoms with E-state index in [1.165, 1.54) is 0 Å². The summed E-state index contributed by atoms with van der Waals surface area (Å²) < 4.78 is 0. The predicted molar refractivity (Wildman–Crippen MR) is 51.0 cm³/mol. The van der Waals surface area contributed by atoms with E-state index in [9.17, 15) is 0 Å². The Morgan fingerprint density at radius 2 is 2.23 bits per heavy atom. The molecule has 1 aromatic heterocycles. The molecule has 1 aromatic rings. The van der Waals surface area contributed by atoms with Crippen molar-refractivity contribution in [1.29, 1.82) is 0 Å². The van der Waals surface area contributed by atoms with Gasteiger partial charge < -0.3 is 10.2 Å². The van der Waals surface area contributed by atoms with Crippen LogP contribution in [0.1, 0.15) is 0 Å². The quantitative estimate of drug-likeness (QED) is 0.705. The minimum Gasteiger partial charge on any atom is -0.338 e. The van der Waals surface area contributed by atoms with Gasteiger partial charge in [0.05, 0.1) is 11.2 Å². The summed E-state index contributed by atoms with van der Waals surface area (Å²) in [6.07, 6.45) is 4.26. The van der Waals surface area contributed by atoms with Gasteiger partial charge in [-0.15, -0.1) is 0 Å². The van der Waals surface area contributed by atoms with Crippen LogP contribution in [0.15, 0.2) is 6.20 Å². The molecule has 1 aliphatic heterocycles. The Labute approximate surface area is 81.9 Å². The number of halogens is 1. The van der Waals surface area contributed by atoms with Gasteiger partial charge in [-0.25, -0.2) is 9.97 Å². The third-order valence-electron chi connectivity index (χ3n) is 1.96. The molecule has 69 valence electrons. The molecule has 0 bridgehead atoms. The number of piperazine rings is 1. The molecular formula is C8H10ClN4. The van der Waals surface area contributed by atoms with Crippen molar-refractivity contribution in [3.05, 3.63) is 17.4 Å². The van der Waals surface area contributed by atoms with Crippen LogP contribution in [-0.2, 0) is 0 Å². The molecule has 4 nitrogen and oxygen atoms in total. The highest BCUT2D eigenvalue weighted by molar-refractivity contribution is 6.30. The number of hydrogen-bond donors (Lipinski definition) is 1. The number of hydrogen-bond acceptors (Lipinski definition) is 4. The van der Waals surface area contributed by atoms with E-state index in [-0.39, 0.29) is 0 Å². The third-order valence-corrected chi connectivity index (χ3v) is 2.14. The molecule has 13 heavy (non-hydrogen) atoms. The van der Waals surface area contributed by atoms with Crippen LogP contribution in [-0.4, -0.2) is 36.1 Å². The Morgan fingerprint density at radius 1 is 1.46 bits per heavy atom. The molecule has 0 aromatic carbocycles. The second-order valence-electron chi connectivity index (χ2n) is 2.87. The van der Waals surface area contributed by atoms with E-state index in [1.807, 2.05) is 0 Å². The van der Waals surface area contributed by atoms with Crippen LogP contribution in [0.25, 0.3) is 0 Å². The zero-order valence-electron chi connectivity index (χ0n) is 7.13. The molecule has 2 heterocycles. The van der Waals surface area contributed by atoms with Crippen LogP contribution >= 0.6 is 11.6 Å². The molecule has 1 aliphatic rings. The van der Waals surface area contributed by atoms with E-state index >= 15 is 0 Å². The van der Waals surface area contributed by atoms with E-state index in [0.29, 0.717) is 11.0 Å². The van der Waals surface area contributed by atoms with Gasteiger partial charge in [-0.2, -0.15) is 0 Å². The highest BCUT2D eigenvalue weighted by atomic mass is 35.5. The molecule has 0 unspecified atom stereocenters. The Hall–Kier alpha value is -0.870. The second-order valence-corrected chi connectivity index (χ2v) is 3.27. The fraction of sp³-hybridized carbons (Fsp3) is 0.500. The number of anilines is 1. The minimum absolute atomic E-state index is 0.457. The van der Waals surface area contributed by atoms with Gasteiger partial charge in [-0.3, -0.25) is 0 Å². The molecular weight excluding hydrogens is 188 g/mol. The topological polar surface area (TPSA) is 41.1 Å². The number of rotatable bonds is 1. The van der Waals surface area contributed by atoms with Gasteiger partial charge in [-0.1, -0.05) is 11.6 Å². The maximum Gasteiger partial charge on any atom is 0.226 e. The van der Waals surface area contributed by atoms with E-state index in [0.717, 1.165) is 26.2 Å². The van der Waals surface area contributed by atoms with Gasteiger partial charge in [0.2, 0.25) is 5.95 Å². The van der Waals surface area contributed by atoms with Crippen molar-refractivity contribution in [3.8, 4) is 0 Å². The van der Waals surface area contributed by atoms with E-state index in [2.05, 4.69) is 26.4 Å². The molecule has 0 aliphatic carbocycles. The number of nitrogens with zero attached hydrogens (tertiary/aromatic N) is 3. The Kier molecular flexibility index (Phi) is 2.61. The molecule has 1 fully saturated rings. The Bertz CT molecular complexity index is 268. The average Bonchev–Trinajstić information content (AvgIpc) is 2.20. The zero-order valence-corrected chi connectivity index (χ0v) is 7.88. The molecule has 0 spiro atoms. The molecule has 0 amide bonds. The van der Waals surface area contributed by atoms with E-state index in [4.69, 9.17) is 11.6 Å². The summed E-state index contributed by atoms with van der Waals surface area (Å²) in [7, 11) is 0. The number of nitrogens with one attached hydrogen (secondary N) is 1. The Balaban J connectivity index is 2.10. The van der Waals surface area contributed by atoms with Crippen molar-refractivity contribution in [2.45, 2.75) is 0 Å². The van der Waals surface area contributed by atoms with Crippen molar-refractivity contribution in [1.82, 2.24) is 15.3 Å². The Morgan fingerprint density at radius 3 is 2.85 bits per heavy atom. The van der Waals surface area contributed by atoms with Gasteiger partial charge in [0.25, 0.3) is 0 Å². The molecule has 5 heteroatoms. The standard InChI is InChI=1S/C8H10ClN4/c9-7-5-11-8(12-6-7)13-3-1-10-2-4-13/h5,10H,1-4H2. The lowest BCUT2D eigenvalue weighted by Crippen LogP contribution is -2.44.